The van der Waals surface area contributed by atoms with Gasteiger partial charge in [0.2, 0.25) is 0 Å². The van der Waals surface area contributed by atoms with E-state index in [2.05, 4.69) is 19.6 Å². The third-order valence-electron chi connectivity index (χ3n) is 2.50. The average Bonchev–Trinajstić information content (AvgIpc) is 2.86. The van der Waals surface area contributed by atoms with Crippen LogP contribution in [0.1, 0.15) is 29.4 Å². The number of nitrogens with zero attached hydrogens (tertiary/aromatic N) is 3. The Labute approximate surface area is 86.9 Å². The summed E-state index contributed by atoms with van der Waals surface area (Å²) in [6, 6.07) is 0. The van der Waals surface area contributed by atoms with Crippen molar-refractivity contribution in [2.24, 2.45) is 0 Å². The summed E-state index contributed by atoms with van der Waals surface area (Å²) in [4.78, 5) is 16.6. The van der Waals surface area contributed by atoms with Crippen molar-refractivity contribution in [2.75, 3.05) is 19.6 Å². The molecule has 6 nitrogen and oxygen atoms in total. The first-order valence-electron chi connectivity index (χ1n) is 5.04. The molecule has 0 aliphatic carbocycles. The normalized spacial score (nSPS) is 17.1. The molecular formula is C9H13N3O3. The maximum atomic E-state index is 10.5. The molecule has 0 amide bonds. The van der Waals surface area contributed by atoms with E-state index in [9.17, 15) is 4.79 Å². The largest absolute Gasteiger partial charge is 0.474 e. The summed E-state index contributed by atoms with van der Waals surface area (Å²) >= 11 is 0. The van der Waals surface area contributed by atoms with Crippen LogP contribution in [0.15, 0.2) is 4.52 Å². The molecule has 6 heteroatoms. The lowest BCUT2D eigenvalue weighted by Gasteiger charge is -2.11. The number of likely N-dealkylation sites (tertiary alicyclic amines) is 1. The van der Waals surface area contributed by atoms with E-state index in [1.54, 1.807) is 0 Å². The van der Waals surface area contributed by atoms with Crippen LogP contribution in [0, 0.1) is 0 Å². The fraction of sp³-hybridized carbons (Fsp3) is 0.667. The summed E-state index contributed by atoms with van der Waals surface area (Å²) < 4.78 is 4.56. The molecule has 15 heavy (non-hydrogen) atoms. The van der Waals surface area contributed by atoms with E-state index in [4.69, 9.17) is 5.11 Å². The van der Waals surface area contributed by atoms with E-state index in [1.807, 2.05) is 0 Å². The highest BCUT2D eigenvalue weighted by molar-refractivity contribution is 5.81. The Kier molecular flexibility index (Phi) is 2.96. The molecule has 0 aromatic carbocycles. The molecule has 1 N–H and O–H groups in total. The summed E-state index contributed by atoms with van der Waals surface area (Å²) in [7, 11) is 0. The van der Waals surface area contributed by atoms with Gasteiger partial charge >= 0.3 is 11.9 Å². The minimum absolute atomic E-state index is 0.327. The predicted octanol–water partition coefficient (Wildman–Crippen LogP) is 0.406. The number of carboxylic acids is 1. The van der Waals surface area contributed by atoms with Crippen molar-refractivity contribution in [3.05, 3.63) is 11.7 Å². The van der Waals surface area contributed by atoms with Crippen LogP contribution in [-0.2, 0) is 6.42 Å². The third-order valence-corrected chi connectivity index (χ3v) is 2.50. The van der Waals surface area contributed by atoms with Crippen molar-refractivity contribution < 1.29 is 14.4 Å². The van der Waals surface area contributed by atoms with E-state index in [-0.39, 0.29) is 5.89 Å². The number of hydrogen-bond acceptors (Lipinski definition) is 5. The number of carboxylic acid groups (broad SMARTS) is 1. The van der Waals surface area contributed by atoms with E-state index >= 15 is 0 Å². The zero-order chi connectivity index (χ0) is 10.7. The Morgan fingerprint density at radius 3 is 2.80 bits per heavy atom. The molecule has 0 saturated carbocycles. The van der Waals surface area contributed by atoms with Crippen LogP contribution in [0.4, 0.5) is 0 Å². The van der Waals surface area contributed by atoms with E-state index in [1.165, 1.54) is 12.8 Å². The molecule has 0 bridgehead atoms. The van der Waals surface area contributed by atoms with Gasteiger partial charge in [-0.1, -0.05) is 5.16 Å². The molecule has 82 valence electrons. The maximum absolute atomic E-state index is 10.5. The van der Waals surface area contributed by atoms with Gasteiger partial charge in [-0.25, -0.2) is 4.79 Å². The van der Waals surface area contributed by atoms with Crippen LogP contribution in [0.3, 0.4) is 0 Å². The maximum Gasteiger partial charge on any atom is 0.394 e. The molecule has 1 fully saturated rings. The summed E-state index contributed by atoms with van der Waals surface area (Å²) in [6.07, 6.45) is 3.13. The lowest BCUT2D eigenvalue weighted by molar-refractivity contribution is 0.0643. The lowest BCUT2D eigenvalue weighted by atomic mass is 10.4. The highest BCUT2D eigenvalue weighted by atomic mass is 16.5. The minimum Gasteiger partial charge on any atom is -0.474 e. The van der Waals surface area contributed by atoms with Crippen molar-refractivity contribution in [1.82, 2.24) is 15.0 Å². The smallest absolute Gasteiger partial charge is 0.394 e. The fourth-order valence-electron chi connectivity index (χ4n) is 1.71. The van der Waals surface area contributed by atoms with Gasteiger partial charge in [-0.2, -0.15) is 4.98 Å². The second-order valence-electron chi connectivity index (χ2n) is 3.62. The van der Waals surface area contributed by atoms with Gasteiger partial charge in [0.05, 0.1) is 0 Å². The first kappa shape index (κ1) is 10.1. The van der Waals surface area contributed by atoms with Crippen molar-refractivity contribution in [1.29, 1.82) is 0 Å². The van der Waals surface area contributed by atoms with Crippen LogP contribution < -0.4 is 0 Å². The Hall–Kier alpha value is -1.43. The average molecular weight is 211 g/mol. The highest BCUT2D eigenvalue weighted by Crippen LogP contribution is 2.08. The van der Waals surface area contributed by atoms with Crippen molar-refractivity contribution in [2.45, 2.75) is 19.3 Å². The molecule has 0 spiro atoms. The Morgan fingerprint density at radius 1 is 1.47 bits per heavy atom. The minimum atomic E-state index is -1.17. The second-order valence-corrected chi connectivity index (χ2v) is 3.62. The number of rotatable bonds is 4. The van der Waals surface area contributed by atoms with E-state index in [0.29, 0.717) is 12.2 Å². The molecule has 1 aliphatic rings. The molecule has 1 aromatic rings. The Morgan fingerprint density at radius 2 is 2.20 bits per heavy atom. The lowest BCUT2D eigenvalue weighted by Crippen LogP contribution is -2.22. The van der Waals surface area contributed by atoms with Gasteiger partial charge in [0.15, 0.2) is 5.82 Å². The Balaban J connectivity index is 1.84. The number of aromatic carboxylic acids is 1. The monoisotopic (exact) mass is 211 g/mol. The number of hydrogen-bond donors (Lipinski definition) is 1. The van der Waals surface area contributed by atoms with Gasteiger partial charge in [-0.15, -0.1) is 0 Å². The van der Waals surface area contributed by atoms with Crippen LogP contribution in [0.5, 0.6) is 0 Å². The molecular weight excluding hydrogens is 198 g/mol. The van der Waals surface area contributed by atoms with Gasteiger partial charge in [-0.05, 0) is 25.9 Å². The fourth-order valence-corrected chi connectivity index (χ4v) is 1.71. The van der Waals surface area contributed by atoms with Crippen LogP contribution in [0.25, 0.3) is 0 Å². The van der Waals surface area contributed by atoms with Crippen LogP contribution >= 0.6 is 0 Å². The summed E-state index contributed by atoms with van der Waals surface area (Å²) in [5, 5.41) is 12.2. The first-order chi connectivity index (χ1) is 7.25. The molecule has 0 unspecified atom stereocenters. The molecule has 1 saturated heterocycles. The number of carbonyl (C=O) groups is 1. The van der Waals surface area contributed by atoms with Gasteiger partial charge in [-0.3, -0.25) is 0 Å². The molecule has 1 aliphatic heterocycles. The number of aromatic nitrogens is 2. The van der Waals surface area contributed by atoms with Crippen LogP contribution in [0.2, 0.25) is 0 Å². The van der Waals surface area contributed by atoms with Crippen LogP contribution in [-0.4, -0.2) is 45.8 Å². The van der Waals surface area contributed by atoms with Crippen molar-refractivity contribution in [3.63, 3.8) is 0 Å². The first-order valence-corrected chi connectivity index (χ1v) is 5.04. The standard InChI is InChI=1S/C9H13N3O3/c13-9(14)8-10-7(11-15-8)3-6-12-4-1-2-5-12/h1-6H2,(H,13,14). The van der Waals surface area contributed by atoms with Crippen molar-refractivity contribution in [3.8, 4) is 0 Å². The zero-order valence-electron chi connectivity index (χ0n) is 8.35. The molecule has 2 rings (SSSR count). The van der Waals surface area contributed by atoms with Gasteiger partial charge in [0.1, 0.15) is 0 Å². The predicted molar refractivity (Wildman–Crippen MR) is 50.6 cm³/mol. The van der Waals surface area contributed by atoms with Crippen molar-refractivity contribution >= 4 is 5.97 Å². The molecule has 1 aromatic heterocycles. The van der Waals surface area contributed by atoms with Gasteiger partial charge < -0.3 is 14.5 Å². The Bertz CT molecular complexity index is 344. The molecule has 0 radical (unpaired) electrons. The van der Waals surface area contributed by atoms with E-state index in [0.717, 1.165) is 19.6 Å². The molecule has 0 atom stereocenters. The molecule has 2 heterocycles. The highest BCUT2D eigenvalue weighted by Gasteiger charge is 2.15. The van der Waals surface area contributed by atoms with Gasteiger partial charge in [0.25, 0.3) is 0 Å². The van der Waals surface area contributed by atoms with Gasteiger partial charge in [0, 0.05) is 13.0 Å². The van der Waals surface area contributed by atoms with E-state index < -0.39 is 5.97 Å². The summed E-state index contributed by atoms with van der Waals surface area (Å²) in [5.41, 5.74) is 0. The third kappa shape index (κ3) is 2.53. The SMILES string of the molecule is O=C(O)c1nc(CCN2CCCC2)no1. The summed E-state index contributed by atoms with van der Waals surface area (Å²) in [5.74, 6) is -1.03. The topological polar surface area (TPSA) is 79.5 Å². The summed E-state index contributed by atoms with van der Waals surface area (Å²) in [6.45, 7) is 3.10. The quantitative estimate of drug-likeness (QED) is 0.776. The second kappa shape index (κ2) is 4.39. The zero-order valence-corrected chi connectivity index (χ0v) is 8.35.